The van der Waals surface area contributed by atoms with Gasteiger partial charge in [-0.25, -0.2) is 4.98 Å². The smallest absolute Gasteiger partial charge is 0.103 e. The maximum absolute atomic E-state index is 6.10. The minimum absolute atomic E-state index is 0.154. The zero-order chi connectivity index (χ0) is 13.2. The predicted molar refractivity (Wildman–Crippen MR) is 84.9 cm³/mol. The Bertz CT molecular complexity index is 398. The zero-order valence-corrected chi connectivity index (χ0v) is 13.4. The summed E-state index contributed by atoms with van der Waals surface area (Å²) in [6, 6.07) is 0.154. The van der Waals surface area contributed by atoms with E-state index >= 15 is 0 Å². The molecule has 2 saturated carbocycles. The van der Waals surface area contributed by atoms with E-state index in [1.165, 1.54) is 60.5 Å². The molecule has 2 aliphatic rings. The minimum atomic E-state index is 0.154. The quantitative estimate of drug-likeness (QED) is 0.862. The first-order valence-electron chi connectivity index (χ1n) is 7.60. The minimum Gasteiger partial charge on any atom is -0.323 e. The van der Waals surface area contributed by atoms with Crippen molar-refractivity contribution in [1.29, 1.82) is 0 Å². The molecule has 2 nitrogen and oxygen atoms in total. The molecule has 3 rings (SSSR count). The van der Waals surface area contributed by atoms with Crippen LogP contribution in [0.15, 0.2) is 0 Å². The van der Waals surface area contributed by atoms with Gasteiger partial charge in [0.1, 0.15) is 5.01 Å². The van der Waals surface area contributed by atoms with E-state index < -0.39 is 0 Å². The van der Waals surface area contributed by atoms with Crippen LogP contribution in [0.25, 0.3) is 0 Å². The number of rotatable bonds is 5. The third-order valence-corrected chi connectivity index (χ3v) is 6.94. The van der Waals surface area contributed by atoms with Crippen molar-refractivity contribution in [3.63, 3.8) is 0 Å². The van der Waals surface area contributed by atoms with Gasteiger partial charge in [-0.05, 0) is 32.6 Å². The molecule has 2 aliphatic carbocycles. The summed E-state index contributed by atoms with van der Waals surface area (Å²) in [5.74, 6) is 1.83. The molecule has 4 heteroatoms. The van der Waals surface area contributed by atoms with Crippen LogP contribution in [0.2, 0.25) is 0 Å². The van der Waals surface area contributed by atoms with Crippen molar-refractivity contribution < 1.29 is 0 Å². The number of nitrogens with zero attached hydrogens (tertiary/aromatic N) is 1. The SMILES string of the molecule is CC(N)c1sc(CSC2CCCCC2)nc1C1CC1. The standard InChI is InChI=1S/C15H24N2S2/c1-10(16)15-14(11-7-8-11)17-13(19-15)9-18-12-5-3-2-4-6-12/h10-12H,2-9,16H2,1H3. The summed E-state index contributed by atoms with van der Waals surface area (Å²) < 4.78 is 0. The molecular formula is C15H24N2S2. The Morgan fingerprint density at radius 2 is 2.00 bits per heavy atom. The van der Waals surface area contributed by atoms with Crippen molar-refractivity contribution in [3.8, 4) is 0 Å². The second kappa shape index (κ2) is 6.15. The second-order valence-electron chi connectivity index (χ2n) is 5.99. The van der Waals surface area contributed by atoms with E-state index in [-0.39, 0.29) is 6.04 Å². The molecule has 1 aromatic rings. The van der Waals surface area contributed by atoms with E-state index in [0.717, 1.165) is 16.9 Å². The molecule has 2 N–H and O–H groups in total. The summed E-state index contributed by atoms with van der Waals surface area (Å²) in [6.07, 6.45) is 9.74. The monoisotopic (exact) mass is 296 g/mol. The van der Waals surface area contributed by atoms with Crippen LogP contribution in [0.3, 0.4) is 0 Å². The van der Waals surface area contributed by atoms with Gasteiger partial charge in [0.05, 0.1) is 5.69 Å². The van der Waals surface area contributed by atoms with Crippen LogP contribution in [0.1, 0.15) is 79.4 Å². The van der Waals surface area contributed by atoms with Gasteiger partial charge in [-0.3, -0.25) is 0 Å². The summed E-state index contributed by atoms with van der Waals surface area (Å²) in [5, 5.41) is 2.19. The van der Waals surface area contributed by atoms with Gasteiger partial charge in [0.2, 0.25) is 0 Å². The Hall–Kier alpha value is -0.0600. The first-order valence-corrected chi connectivity index (χ1v) is 9.47. The molecule has 1 heterocycles. The highest BCUT2D eigenvalue weighted by Gasteiger charge is 2.30. The molecule has 0 amide bonds. The number of thioether (sulfide) groups is 1. The molecule has 1 atom stereocenters. The van der Waals surface area contributed by atoms with Gasteiger partial charge in [0.15, 0.2) is 0 Å². The fourth-order valence-electron chi connectivity index (χ4n) is 2.85. The van der Waals surface area contributed by atoms with Crippen LogP contribution in [0.5, 0.6) is 0 Å². The Kier molecular flexibility index (Phi) is 4.50. The molecular weight excluding hydrogens is 272 g/mol. The third-order valence-electron chi connectivity index (χ3n) is 4.10. The largest absolute Gasteiger partial charge is 0.323 e. The van der Waals surface area contributed by atoms with Crippen molar-refractivity contribution in [3.05, 3.63) is 15.6 Å². The first kappa shape index (κ1) is 13.9. The van der Waals surface area contributed by atoms with Gasteiger partial charge >= 0.3 is 0 Å². The Morgan fingerprint density at radius 1 is 1.26 bits per heavy atom. The van der Waals surface area contributed by atoms with E-state index in [4.69, 9.17) is 10.7 Å². The molecule has 0 aliphatic heterocycles. The third kappa shape index (κ3) is 3.53. The van der Waals surface area contributed by atoms with Gasteiger partial charge in [0.25, 0.3) is 0 Å². The number of thiazole rings is 1. The highest BCUT2D eigenvalue weighted by atomic mass is 32.2. The molecule has 0 radical (unpaired) electrons. The Balaban J connectivity index is 1.62. The van der Waals surface area contributed by atoms with Crippen molar-refractivity contribution >= 4 is 23.1 Å². The summed E-state index contributed by atoms with van der Waals surface area (Å²) in [6.45, 7) is 2.09. The Morgan fingerprint density at radius 3 is 2.63 bits per heavy atom. The summed E-state index contributed by atoms with van der Waals surface area (Å²) in [4.78, 5) is 6.24. The fourth-order valence-corrected chi connectivity index (χ4v) is 5.30. The number of hydrogen-bond acceptors (Lipinski definition) is 4. The number of nitrogens with two attached hydrogens (primary N) is 1. The lowest BCUT2D eigenvalue weighted by atomic mass is 10.0. The van der Waals surface area contributed by atoms with E-state index in [0.29, 0.717) is 0 Å². The summed E-state index contributed by atoms with van der Waals surface area (Å²) in [5.41, 5.74) is 7.43. The van der Waals surface area contributed by atoms with Crippen LogP contribution in [-0.2, 0) is 5.75 Å². The van der Waals surface area contributed by atoms with E-state index in [2.05, 4.69) is 18.7 Å². The zero-order valence-electron chi connectivity index (χ0n) is 11.7. The molecule has 1 unspecified atom stereocenters. The van der Waals surface area contributed by atoms with Gasteiger partial charge in [0, 0.05) is 27.8 Å². The molecule has 1 aromatic heterocycles. The summed E-state index contributed by atoms with van der Waals surface area (Å²) >= 11 is 3.99. The summed E-state index contributed by atoms with van der Waals surface area (Å²) in [7, 11) is 0. The molecule has 0 bridgehead atoms. The average molecular weight is 297 g/mol. The van der Waals surface area contributed by atoms with E-state index in [9.17, 15) is 0 Å². The van der Waals surface area contributed by atoms with Gasteiger partial charge in [-0.2, -0.15) is 11.8 Å². The lowest BCUT2D eigenvalue weighted by Gasteiger charge is -2.20. The van der Waals surface area contributed by atoms with E-state index in [1.807, 2.05) is 11.3 Å². The van der Waals surface area contributed by atoms with Crippen LogP contribution in [-0.4, -0.2) is 10.2 Å². The van der Waals surface area contributed by atoms with Crippen LogP contribution in [0, 0.1) is 0 Å². The topological polar surface area (TPSA) is 38.9 Å². The predicted octanol–water partition coefficient (Wildman–Crippen LogP) is 4.61. The van der Waals surface area contributed by atoms with Gasteiger partial charge in [-0.15, -0.1) is 11.3 Å². The lowest BCUT2D eigenvalue weighted by molar-refractivity contribution is 0.516. The number of hydrogen-bond donors (Lipinski definition) is 1. The molecule has 0 spiro atoms. The highest BCUT2D eigenvalue weighted by molar-refractivity contribution is 7.99. The van der Waals surface area contributed by atoms with Crippen LogP contribution in [0.4, 0.5) is 0 Å². The number of aromatic nitrogens is 1. The van der Waals surface area contributed by atoms with Crippen molar-refractivity contribution in [1.82, 2.24) is 4.98 Å². The lowest BCUT2D eigenvalue weighted by Crippen LogP contribution is -2.08. The van der Waals surface area contributed by atoms with Crippen LogP contribution < -0.4 is 5.73 Å². The molecule has 106 valence electrons. The van der Waals surface area contributed by atoms with Crippen molar-refractivity contribution in [2.45, 2.75) is 74.8 Å². The second-order valence-corrected chi connectivity index (χ2v) is 8.39. The molecule has 0 aromatic carbocycles. The normalized spacial score (nSPS) is 22.6. The molecule has 0 saturated heterocycles. The van der Waals surface area contributed by atoms with Crippen LogP contribution >= 0.6 is 23.1 Å². The van der Waals surface area contributed by atoms with Crippen molar-refractivity contribution in [2.24, 2.45) is 5.73 Å². The highest BCUT2D eigenvalue weighted by Crippen LogP contribution is 2.44. The fraction of sp³-hybridized carbons (Fsp3) is 0.800. The Labute approximate surface area is 124 Å². The van der Waals surface area contributed by atoms with Crippen molar-refractivity contribution in [2.75, 3.05) is 0 Å². The first-order chi connectivity index (χ1) is 9.24. The van der Waals surface area contributed by atoms with Gasteiger partial charge < -0.3 is 5.73 Å². The molecule has 2 fully saturated rings. The van der Waals surface area contributed by atoms with E-state index in [1.54, 1.807) is 0 Å². The average Bonchev–Trinajstić information content (AvgIpc) is 3.17. The molecule has 19 heavy (non-hydrogen) atoms. The van der Waals surface area contributed by atoms with Gasteiger partial charge in [-0.1, -0.05) is 19.3 Å². The maximum Gasteiger partial charge on any atom is 0.103 e. The maximum atomic E-state index is 6.10.